The Labute approximate surface area is 94.3 Å². The van der Waals surface area contributed by atoms with Gasteiger partial charge in [0.1, 0.15) is 0 Å². The van der Waals surface area contributed by atoms with Crippen LogP contribution >= 0.6 is 0 Å². The largest absolute Gasteiger partial charge is 0.385 e. The van der Waals surface area contributed by atoms with Crippen LogP contribution < -0.4 is 11.1 Å². The van der Waals surface area contributed by atoms with E-state index in [1.54, 1.807) is 6.33 Å². The monoisotopic (exact) mass is 216 g/mol. The molecule has 1 aromatic heterocycles. The molecule has 0 atom stereocenters. The summed E-state index contributed by atoms with van der Waals surface area (Å²) in [4.78, 5) is 7.30. The van der Waals surface area contributed by atoms with E-state index < -0.39 is 0 Å². The van der Waals surface area contributed by atoms with Crippen LogP contribution in [0.25, 0.3) is 11.0 Å². The summed E-state index contributed by atoms with van der Waals surface area (Å²) in [7, 11) is 0. The topological polar surface area (TPSA) is 66.7 Å². The molecule has 1 fully saturated rings. The molecule has 4 N–H and O–H groups in total. The van der Waals surface area contributed by atoms with Gasteiger partial charge in [-0.05, 0) is 37.0 Å². The molecule has 0 saturated heterocycles. The minimum absolute atomic E-state index is 0.432. The number of nitrogens with one attached hydrogen (secondary N) is 2. The highest BCUT2D eigenvalue weighted by atomic mass is 14.9. The molecule has 4 nitrogen and oxygen atoms in total. The molecule has 1 heterocycles. The highest BCUT2D eigenvalue weighted by molar-refractivity contribution is 5.78. The van der Waals surface area contributed by atoms with Crippen molar-refractivity contribution in [2.24, 2.45) is 11.7 Å². The van der Waals surface area contributed by atoms with Crippen LogP contribution in [0.1, 0.15) is 12.8 Å². The van der Waals surface area contributed by atoms with Crippen molar-refractivity contribution in [3.05, 3.63) is 24.5 Å². The smallest absolute Gasteiger partial charge is 0.0931 e. The second kappa shape index (κ2) is 3.79. The van der Waals surface area contributed by atoms with Gasteiger partial charge >= 0.3 is 0 Å². The molecule has 1 saturated carbocycles. The van der Waals surface area contributed by atoms with E-state index in [2.05, 4.69) is 27.4 Å². The number of hydrogen-bond donors (Lipinski definition) is 3. The summed E-state index contributed by atoms with van der Waals surface area (Å²) in [5.74, 6) is 0.743. The third kappa shape index (κ3) is 1.76. The summed E-state index contributed by atoms with van der Waals surface area (Å²) in [6.07, 6.45) is 4.03. The second-order valence-corrected chi connectivity index (χ2v) is 4.61. The number of imidazole rings is 1. The van der Waals surface area contributed by atoms with Gasteiger partial charge in [0.25, 0.3) is 0 Å². The van der Waals surface area contributed by atoms with Crippen molar-refractivity contribution in [3.63, 3.8) is 0 Å². The molecular formula is C12H16N4. The molecule has 1 aliphatic rings. The van der Waals surface area contributed by atoms with Gasteiger partial charge in [-0.3, -0.25) is 0 Å². The van der Waals surface area contributed by atoms with E-state index in [0.717, 1.165) is 42.0 Å². The van der Waals surface area contributed by atoms with Gasteiger partial charge < -0.3 is 16.0 Å². The first-order valence-electron chi connectivity index (χ1n) is 5.74. The number of nitrogens with two attached hydrogens (primary N) is 1. The van der Waals surface area contributed by atoms with Gasteiger partial charge in [0.15, 0.2) is 0 Å². The molecule has 0 unspecified atom stereocenters. The quantitative estimate of drug-likeness (QED) is 0.731. The van der Waals surface area contributed by atoms with Crippen molar-refractivity contribution >= 4 is 16.7 Å². The van der Waals surface area contributed by atoms with E-state index in [0.29, 0.717) is 6.04 Å². The first-order chi connectivity index (χ1) is 7.81. The lowest BCUT2D eigenvalue weighted by atomic mass is 9.81. The lowest BCUT2D eigenvalue weighted by Gasteiger charge is -2.32. The normalized spacial score (nSPS) is 24.3. The summed E-state index contributed by atoms with van der Waals surface area (Å²) in [6, 6.07) is 6.63. The van der Waals surface area contributed by atoms with Gasteiger partial charge in [0.05, 0.1) is 17.4 Å². The Bertz CT molecular complexity index is 484. The fourth-order valence-corrected chi connectivity index (χ4v) is 2.26. The maximum atomic E-state index is 5.76. The van der Waals surface area contributed by atoms with Crippen LogP contribution in [0.3, 0.4) is 0 Å². The van der Waals surface area contributed by atoms with Crippen LogP contribution in [0.2, 0.25) is 0 Å². The third-order valence-corrected chi connectivity index (χ3v) is 3.29. The molecule has 2 aromatic rings. The van der Waals surface area contributed by atoms with Gasteiger partial charge in [-0.25, -0.2) is 4.98 Å². The van der Waals surface area contributed by atoms with Crippen molar-refractivity contribution in [3.8, 4) is 0 Å². The molecule has 3 rings (SSSR count). The number of anilines is 1. The van der Waals surface area contributed by atoms with Crippen LogP contribution in [-0.2, 0) is 0 Å². The van der Waals surface area contributed by atoms with Crippen molar-refractivity contribution < 1.29 is 0 Å². The fraction of sp³-hybridized carbons (Fsp3) is 0.417. The number of fused-ring (bicyclic) bond motifs is 1. The predicted octanol–water partition coefficient (Wildman–Crippen LogP) is 1.71. The standard InChI is InChI=1S/C12H16N4/c13-9-3-8(4-9)6-14-10-1-2-11-12(5-10)16-7-15-11/h1-2,5,7-9,14H,3-4,6,13H2,(H,15,16). The van der Waals surface area contributed by atoms with E-state index >= 15 is 0 Å². The van der Waals surface area contributed by atoms with E-state index in [4.69, 9.17) is 5.73 Å². The van der Waals surface area contributed by atoms with Gasteiger partial charge in [0, 0.05) is 18.3 Å². The van der Waals surface area contributed by atoms with Gasteiger partial charge in [-0.1, -0.05) is 0 Å². The van der Waals surface area contributed by atoms with Crippen molar-refractivity contribution in [1.29, 1.82) is 0 Å². The summed E-state index contributed by atoms with van der Waals surface area (Å²) >= 11 is 0. The van der Waals surface area contributed by atoms with E-state index in [-0.39, 0.29) is 0 Å². The Hall–Kier alpha value is -1.55. The van der Waals surface area contributed by atoms with E-state index in [1.165, 1.54) is 0 Å². The number of aromatic nitrogens is 2. The number of aromatic amines is 1. The number of benzene rings is 1. The Kier molecular flexibility index (Phi) is 2.29. The molecular weight excluding hydrogens is 200 g/mol. The number of rotatable bonds is 3. The molecule has 16 heavy (non-hydrogen) atoms. The molecule has 0 radical (unpaired) electrons. The fourth-order valence-electron chi connectivity index (χ4n) is 2.26. The minimum atomic E-state index is 0.432. The molecule has 4 heteroatoms. The van der Waals surface area contributed by atoms with Gasteiger partial charge in [-0.2, -0.15) is 0 Å². The Morgan fingerprint density at radius 3 is 3.12 bits per heavy atom. The minimum Gasteiger partial charge on any atom is -0.385 e. The lowest BCUT2D eigenvalue weighted by molar-refractivity contribution is 0.280. The van der Waals surface area contributed by atoms with Gasteiger partial charge in [0.2, 0.25) is 0 Å². The molecule has 1 aromatic carbocycles. The molecule has 0 aliphatic heterocycles. The number of H-pyrrole nitrogens is 1. The van der Waals surface area contributed by atoms with Crippen LogP contribution in [-0.4, -0.2) is 22.6 Å². The van der Waals surface area contributed by atoms with E-state index in [9.17, 15) is 0 Å². The highest BCUT2D eigenvalue weighted by Crippen LogP contribution is 2.26. The molecule has 0 bridgehead atoms. The predicted molar refractivity (Wildman–Crippen MR) is 65.3 cm³/mol. The average molecular weight is 216 g/mol. The molecule has 1 aliphatic carbocycles. The number of nitrogens with zero attached hydrogens (tertiary/aromatic N) is 1. The SMILES string of the molecule is NC1CC(CNc2ccc3nc[nH]c3c2)C1. The molecule has 0 amide bonds. The first-order valence-corrected chi connectivity index (χ1v) is 5.74. The third-order valence-electron chi connectivity index (χ3n) is 3.29. The highest BCUT2D eigenvalue weighted by Gasteiger charge is 2.25. The molecule has 84 valence electrons. The first kappa shape index (κ1) is 9.66. The second-order valence-electron chi connectivity index (χ2n) is 4.61. The molecule has 0 spiro atoms. The Morgan fingerprint density at radius 2 is 2.31 bits per heavy atom. The van der Waals surface area contributed by atoms with Crippen LogP contribution in [0.4, 0.5) is 5.69 Å². The zero-order valence-electron chi connectivity index (χ0n) is 9.11. The maximum absolute atomic E-state index is 5.76. The summed E-state index contributed by atoms with van der Waals surface area (Å²) in [6.45, 7) is 1.02. The Balaban J connectivity index is 1.65. The average Bonchev–Trinajstić information content (AvgIpc) is 2.69. The number of hydrogen-bond acceptors (Lipinski definition) is 3. The zero-order chi connectivity index (χ0) is 11.0. The van der Waals surface area contributed by atoms with Gasteiger partial charge in [-0.15, -0.1) is 0 Å². The summed E-state index contributed by atoms with van der Waals surface area (Å²) < 4.78 is 0. The maximum Gasteiger partial charge on any atom is 0.0931 e. The van der Waals surface area contributed by atoms with Crippen LogP contribution in [0, 0.1) is 5.92 Å². The van der Waals surface area contributed by atoms with E-state index in [1.807, 2.05) is 6.07 Å². The van der Waals surface area contributed by atoms with Crippen LogP contribution in [0.5, 0.6) is 0 Å². The zero-order valence-corrected chi connectivity index (χ0v) is 9.11. The summed E-state index contributed by atoms with van der Waals surface area (Å²) in [5, 5.41) is 3.45. The lowest BCUT2D eigenvalue weighted by Crippen LogP contribution is -2.39. The summed E-state index contributed by atoms with van der Waals surface area (Å²) in [5.41, 5.74) is 9.00. The van der Waals surface area contributed by atoms with Crippen molar-refractivity contribution in [2.45, 2.75) is 18.9 Å². The van der Waals surface area contributed by atoms with Crippen molar-refractivity contribution in [1.82, 2.24) is 9.97 Å². The van der Waals surface area contributed by atoms with Crippen molar-refractivity contribution in [2.75, 3.05) is 11.9 Å². The van der Waals surface area contributed by atoms with Crippen LogP contribution in [0.15, 0.2) is 24.5 Å². The Morgan fingerprint density at radius 1 is 1.44 bits per heavy atom.